The number of nitro benzene ring substituents is 1. The molecule has 1 heterocycles. The number of fused-ring (bicyclic) bond motifs is 1. The summed E-state index contributed by atoms with van der Waals surface area (Å²) in [7, 11) is -1.88. The summed E-state index contributed by atoms with van der Waals surface area (Å²) >= 11 is 0. The summed E-state index contributed by atoms with van der Waals surface area (Å²) in [6, 6.07) is 4.92. The van der Waals surface area contributed by atoms with Gasteiger partial charge in [-0.1, -0.05) is 20.8 Å². The van der Waals surface area contributed by atoms with Crippen molar-refractivity contribution >= 4 is 24.9 Å². The van der Waals surface area contributed by atoms with Crippen LogP contribution in [0.5, 0.6) is 0 Å². The van der Waals surface area contributed by atoms with Gasteiger partial charge in [-0.25, -0.2) is 0 Å². The second-order valence-corrected chi connectivity index (χ2v) is 13.3. The zero-order valence-corrected chi connectivity index (χ0v) is 17.6. The van der Waals surface area contributed by atoms with E-state index < -0.39 is 14.4 Å². The van der Waals surface area contributed by atoms with Gasteiger partial charge in [0.25, 0.3) is 5.69 Å². The summed E-state index contributed by atoms with van der Waals surface area (Å²) < 4.78 is 8.06. The van der Waals surface area contributed by atoms with E-state index >= 15 is 0 Å². The molecule has 7 heteroatoms. The number of hydrogen-bond donors (Lipinski definition) is 1. The maximum atomic E-state index is 11.0. The van der Waals surface area contributed by atoms with E-state index in [1.807, 2.05) is 17.7 Å². The van der Waals surface area contributed by atoms with Gasteiger partial charge in [-0.15, -0.1) is 0 Å². The second-order valence-electron chi connectivity index (χ2n) is 8.48. The first-order chi connectivity index (χ1) is 11.9. The van der Waals surface area contributed by atoms with Crippen LogP contribution in [0.1, 0.15) is 32.8 Å². The number of aromatic nitrogens is 1. The second kappa shape index (κ2) is 7.50. The van der Waals surface area contributed by atoms with E-state index in [4.69, 9.17) is 4.43 Å². The Morgan fingerprint density at radius 3 is 2.58 bits per heavy atom. The van der Waals surface area contributed by atoms with Crippen LogP contribution >= 0.6 is 0 Å². The molecule has 1 aromatic heterocycles. The van der Waals surface area contributed by atoms with Crippen molar-refractivity contribution in [2.75, 3.05) is 6.61 Å². The molecular formula is C19H30N2O4Si. The van der Waals surface area contributed by atoms with E-state index in [0.29, 0.717) is 19.6 Å². The van der Waals surface area contributed by atoms with Crippen LogP contribution in [0.3, 0.4) is 0 Å². The van der Waals surface area contributed by atoms with Crippen molar-refractivity contribution in [3.63, 3.8) is 0 Å². The van der Waals surface area contributed by atoms with E-state index in [-0.39, 0.29) is 15.6 Å². The number of non-ortho nitro benzene ring substituents is 1. The van der Waals surface area contributed by atoms with Gasteiger partial charge in [0.1, 0.15) is 0 Å². The minimum atomic E-state index is -1.88. The highest BCUT2D eigenvalue weighted by atomic mass is 28.4. The van der Waals surface area contributed by atoms with E-state index in [1.54, 1.807) is 12.1 Å². The summed E-state index contributed by atoms with van der Waals surface area (Å²) in [4.78, 5) is 10.7. The van der Waals surface area contributed by atoms with E-state index in [9.17, 15) is 15.2 Å². The van der Waals surface area contributed by atoms with Crippen molar-refractivity contribution in [2.45, 2.75) is 64.9 Å². The molecule has 0 saturated heterocycles. The van der Waals surface area contributed by atoms with Crippen LogP contribution in [-0.2, 0) is 11.0 Å². The lowest BCUT2D eigenvalue weighted by Gasteiger charge is -2.36. The van der Waals surface area contributed by atoms with Gasteiger partial charge < -0.3 is 14.1 Å². The Morgan fingerprint density at radius 2 is 2.00 bits per heavy atom. The van der Waals surface area contributed by atoms with Crippen LogP contribution in [0.15, 0.2) is 24.4 Å². The minimum Gasteiger partial charge on any atom is -0.414 e. The van der Waals surface area contributed by atoms with Crippen molar-refractivity contribution in [3.8, 4) is 0 Å². The lowest BCUT2D eigenvalue weighted by Crippen LogP contribution is -2.42. The first kappa shape index (κ1) is 20.6. The molecule has 26 heavy (non-hydrogen) atoms. The van der Waals surface area contributed by atoms with Gasteiger partial charge in [0.05, 0.1) is 23.2 Å². The molecule has 0 spiro atoms. The Kier molecular flexibility index (Phi) is 5.94. The molecule has 0 aliphatic rings. The quantitative estimate of drug-likeness (QED) is 0.433. The highest BCUT2D eigenvalue weighted by molar-refractivity contribution is 6.74. The van der Waals surface area contributed by atoms with Crippen molar-refractivity contribution in [1.82, 2.24) is 4.57 Å². The number of nitrogens with zero attached hydrogens (tertiary/aromatic N) is 2. The van der Waals surface area contributed by atoms with Gasteiger partial charge in [0, 0.05) is 30.3 Å². The van der Waals surface area contributed by atoms with Gasteiger partial charge >= 0.3 is 0 Å². The van der Waals surface area contributed by atoms with Crippen LogP contribution < -0.4 is 0 Å². The number of nitro groups is 1. The monoisotopic (exact) mass is 378 g/mol. The Balaban J connectivity index is 2.05. The molecule has 1 N–H and O–H groups in total. The number of aryl methyl sites for hydroxylation is 2. The van der Waals surface area contributed by atoms with E-state index in [2.05, 4.69) is 33.9 Å². The first-order valence-corrected chi connectivity index (χ1v) is 11.9. The molecule has 1 aromatic carbocycles. The lowest BCUT2D eigenvalue weighted by molar-refractivity contribution is -0.384. The van der Waals surface area contributed by atoms with Crippen LogP contribution in [0, 0.1) is 17.0 Å². The predicted octanol–water partition coefficient (Wildman–Crippen LogP) is 4.63. The Morgan fingerprint density at radius 1 is 1.35 bits per heavy atom. The van der Waals surface area contributed by atoms with Crippen LogP contribution in [0.2, 0.25) is 18.1 Å². The predicted molar refractivity (Wildman–Crippen MR) is 107 cm³/mol. The molecular weight excluding hydrogens is 348 g/mol. The third kappa shape index (κ3) is 4.52. The molecule has 2 rings (SSSR count). The zero-order valence-electron chi connectivity index (χ0n) is 16.6. The van der Waals surface area contributed by atoms with Gasteiger partial charge in [-0.3, -0.25) is 10.1 Å². The Hall–Kier alpha value is -1.70. The zero-order chi connectivity index (χ0) is 19.7. The molecule has 1 atom stereocenters. The summed E-state index contributed by atoms with van der Waals surface area (Å²) in [6.07, 6.45) is 1.97. The van der Waals surface area contributed by atoms with Crippen LogP contribution in [0.4, 0.5) is 5.69 Å². The number of hydrogen-bond acceptors (Lipinski definition) is 4. The summed E-state index contributed by atoms with van der Waals surface area (Å²) in [6.45, 7) is 13.8. The molecule has 0 aliphatic carbocycles. The maximum absolute atomic E-state index is 11.0. The average molecular weight is 379 g/mol. The third-order valence-corrected chi connectivity index (χ3v) is 9.92. The number of aliphatic hydroxyl groups is 1. The standard InChI is InChI=1S/C19H30N2O4Si/c1-14-12-20(18-11-15(21(23)24)7-8-17(14)18)10-9-16(22)13-25-26(5,6)19(2,3)4/h7-8,11-12,16,22H,9-10,13H2,1-6H3. The van der Waals surface area contributed by atoms with Gasteiger partial charge in [-0.2, -0.15) is 0 Å². The highest BCUT2D eigenvalue weighted by Gasteiger charge is 2.37. The van der Waals surface area contributed by atoms with E-state index in [1.165, 1.54) is 6.07 Å². The van der Waals surface area contributed by atoms with Crippen molar-refractivity contribution < 1.29 is 14.5 Å². The van der Waals surface area contributed by atoms with Gasteiger partial charge in [0.2, 0.25) is 0 Å². The summed E-state index contributed by atoms with van der Waals surface area (Å²) in [5, 5.41) is 22.5. The summed E-state index contributed by atoms with van der Waals surface area (Å²) in [5.41, 5.74) is 1.98. The van der Waals surface area contributed by atoms with E-state index in [0.717, 1.165) is 16.5 Å². The Bertz CT molecular complexity index is 793. The number of rotatable bonds is 7. The topological polar surface area (TPSA) is 77.5 Å². The summed E-state index contributed by atoms with van der Waals surface area (Å²) in [5.74, 6) is 0. The molecule has 2 aromatic rings. The lowest BCUT2D eigenvalue weighted by atomic mass is 10.2. The largest absolute Gasteiger partial charge is 0.414 e. The molecule has 0 fully saturated rings. The smallest absolute Gasteiger partial charge is 0.271 e. The fraction of sp³-hybridized carbons (Fsp3) is 0.579. The van der Waals surface area contributed by atoms with Crippen LogP contribution in [0.25, 0.3) is 10.9 Å². The van der Waals surface area contributed by atoms with Gasteiger partial charge in [0.15, 0.2) is 8.32 Å². The normalized spacial score (nSPS) is 14.0. The number of benzene rings is 1. The fourth-order valence-electron chi connectivity index (χ4n) is 2.65. The van der Waals surface area contributed by atoms with Crippen molar-refractivity contribution in [1.29, 1.82) is 0 Å². The van der Waals surface area contributed by atoms with Crippen molar-refractivity contribution in [3.05, 3.63) is 40.1 Å². The molecule has 1 unspecified atom stereocenters. The average Bonchev–Trinajstić information content (AvgIpc) is 2.85. The molecule has 0 amide bonds. The van der Waals surface area contributed by atoms with Crippen molar-refractivity contribution in [2.24, 2.45) is 0 Å². The highest BCUT2D eigenvalue weighted by Crippen LogP contribution is 2.36. The maximum Gasteiger partial charge on any atom is 0.271 e. The Labute approximate surface area is 156 Å². The van der Waals surface area contributed by atoms with Gasteiger partial charge in [-0.05, 0) is 43.1 Å². The SMILES string of the molecule is Cc1cn(CCC(O)CO[Si](C)(C)C(C)(C)C)c2cc([N+](=O)[O-])ccc12. The molecule has 0 aliphatic heterocycles. The number of aliphatic hydroxyl groups excluding tert-OH is 1. The fourth-order valence-corrected chi connectivity index (χ4v) is 3.70. The molecule has 144 valence electrons. The molecule has 0 radical (unpaired) electrons. The molecule has 0 saturated carbocycles. The first-order valence-electron chi connectivity index (χ1n) is 8.98. The van der Waals surface area contributed by atoms with Crippen LogP contribution in [-0.4, -0.2) is 35.6 Å². The third-order valence-electron chi connectivity index (χ3n) is 5.42. The molecule has 0 bridgehead atoms. The minimum absolute atomic E-state index is 0.0821. The molecule has 6 nitrogen and oxygen atoms in total.